The fourth-order valence-corrected chi connectivity index (χ4v) is 3.96. The lowest BCUT2D eigenvalue weighted by Crippen LogP contribution is -2.26. The van der Waals surface area contributed by atoms with Crippen LogP contribution in [0.4, 0.5) is 0 Å². The first kappa shape index (κ1) is 19.0. The highest BCUT2D eigenvalue weighted by Gasteiger charge is 2.18. The molecule has 0 aliphatic rings. The van der Waals surface area contributed by atoms with E-state index < -0.39 is 6.04 Å². The minimum Gasteiger partial charge on any atom is -0.290 e. The molecule has 154 valence electrons. The topological polar surface area (TPSA) is 85.0 Å². The molecular weight excluding hydrogens is 390 g/mol. The molecule has 0 bridgehead atoms. The Labute approximate surface area is 177 Å². The van der Waals surface area contributed by atoms with Gasteiger partial charge < -0.3 is 0 Å². The van der Waals surface area contributed by atoms with Gasteiger partial charge in [0, 0.05) is 17.2 Å². The Bertz CT molecular complexity index is 1580. The number of fused-ring (bicyclic) bond motifs is 2. The third kappa shape index (κ3) is 3.06. The van der Waals surface area contributed by atoms with Crippen molar-refractivity contribution in [1.82, 2.24) is 24.1 Å². The van der Waals surface area contributed by atoms with Crippen LogP contribution in [0.5, 0.6) is 0 Å². The largest absolute Gasteiger partial charge is 0.290 e. The minimum atomic E-state index is -0.445. The number of aromatic nitrogens is 5. The van der Waals surface area contributed by atoms with Crippen LogP contribution in [0.1, 0.15) is 29.8 Å². The van der Waals surface area contributed by atoms with E-state index in [1.54, 1.807) is 12.1 Å². The number of rotatable bonds is 3. The van der Waals surface area contributed by atoms with Crippen molar-refractivity contribution in [2.45, 2.75) is 26.8 Å². The summed E-state index contributed by atoms with van der Waals surface area (Å²) in [5.41, 5.74) is 5.17. The lowest BCUT2D eigenvalue weighted by molar-refractivity contribution is 0.591. The van der Waals surface area contributed by atoms with Crippen LogP contribution in [0.15, 0.2) is 70.5 Å². The van der Waals surface area contributed by atoms with Gasteiger partial charge in [0.15, 0.2) is 5.65 Å². The van der Waals surface area contributed by atoms with Gasteiger partial charge in [0.05, 0.1) is 34.7 Å². The van der Waals surface area contributed by atoms with Crippen molar-refractivity contribution >= 4 is 16.6 Å². The summed E-state index contributed by atoms with van der Waals surface area (Å²) in [6.45, 7) is 5.81. The predicted octanol–water partition coefficient (Wildman–Crippen LogP) is 3.63. The molecule has 5 aromatic rings. The molecule has 0 saturated carbocycles. The van der Waals surface area contributed by atoms with Crippen LogP contribution < -0.4 is 11.1 Å². The number of H-pyrrole nitrogens is 1. The third-order valence-corrected chi connectivity index (χ3v) is 5.71. The number of hydrogen-bond acceptors (Lipinski definition) is 4. The van der Waals surface area contributed by atoms with E-state index in [4.69, 9.17) is 4.98 Å². The molecule has 3 aromatic heterocycles. The molecule has 7 nitrogen and oxygen atoms in total. The highest BCUT2D eigenvalue weighted by molar-refractivity contribution is 5.77. The maximum Gasteiger partial charge on any atom is 0.272 e. The van der Waals surface area contributed by atoms with Crippen LogP contribution in [0.25, 0.3) is 27.8 Å². The fraction of sp³-hybridized carbons (Fsp3) is 0.167. The number of aryl methyl sites for hydroxylation is 2. The van der Waals surface area contributed by atoms with E-state index in [1.165, 1.54) is 21.5 Å². The van der Waals surface area contributed by atoms with Crippen LogP contribution in [0.2, 0.25) is 0 Å². The van der Waals surface area contributed by atoms with Gasteiger partial charge in [-0.3, -0.25) is 19.3 Å². The number of aromatic amines is 1. The quantitative estimate of drug-likeness (QED) is 0.491. The van der Waals surface area contributed by atoms with E-state index in [9.17, 15) is 9.59 Å². The van der Waals surface area contributed by atoms with Crippen molar-refractivity contribution in [1.29, 1.82) is 0 Å². The fourth-order valence-electron chi connectivity index (χ4n) is 3.96. The van der Waals surface area contributed by atoms with Gasteiger partial charge in [0.2, 0.25) is 0 Å². The van der Waals surface area contributed by atoms with E-state index in [0.29, 0.717) is 22.2 Å². The second kappa shape index (κ2) is 7.05. The van der Waals surface area contributed by atoms with E-state index in [2.05, 4.69) is 16.1 Å². The Morgan fingerprint density at radius 1 is 1.00 bits per heavy atom. The lowest BCUT2D eigenvalue weighted by Gasteiger charge is -2.14. The summed E-state index contributed by atoms with van der Waals surface area (Å²) in [6.07, 6.45) is 1.51. The first-order chi connectivity index (χ1) is 14.9. The molecule has 0 aliphatic carbocycles. The van der Waals surface area contributed by atoms with E-state index >= 15 is 0 Å². The Hall–Kier alpha value is -4.00. The SMILES string of the molecule is Cc1cccc(-c2[nH]n3c(=O)cc([C@H](C)n4cnc5ccccc5c4=O)nc3c2C)c1. The first-order valence-corrected chi connectivity index (χ1v) is 10.1. The van der Waals surface area contributed by atoms with E-state index in [0.717, 1.165) is 22.4 Å². The number of benzene rings is 2. The van der Waals surface area contributed by atoms with Crippen LogP contribution >= 0.6 is 0 Å². The Morgan fingerprint density at radius 2 is 1.81 bits per heavy atom. The standard InChI is InChI=1S/C24H21N5O2/c1-14-7-6-8-17(11-14)22-15(2)23-26-20(12-21(30)29(23)27-22)16(3)28-13-25-19-10-5-4-9-18(19)24(28)31/h4-13,16,27H,1-3H3/t16-/m0/s1. The molecule has 1 atom stereocenters. The van der Waals surface area contributed by atoms with Crippen LogP contribution in [0, 0.1) is 13.8 Å². The van der Waals surface area contributed by atoms with Gasteiger partial charge in [0.1, 0.15) is 0 Å². The molecule has 0 amide bonds. The predicted molar refractivity (Wildman–Crippen MR) is 121 cm³/mol. The highest BCUT2D eigenvalue weighted by Crippen LogP contribution is 2.25. The average Bonchev–Trinajstić information content (AvgIpc) is 3.11. The summed E-state index contributed by atoms with van der Waals surface area (Å²) < 4.78 is 2.97. The molecule has 0 unspecified atom stereocenters. The molecule has 5 rings (SSSR count). The Kier molecular flexibility index (Phi) is 4.32. The zero-order valence-corrected chi connectivity index (χ0v) is 17.5. The van der Waals surface area contributed by atoms with Crippen molar-refractivity contribution in [3.63, 3.8) is 0 Å². The van der Waals surface area contributed by atoms with Crippen molar-refractivity contribution < 1.29 is 0 Å². The van der Waals surface area contributed by atoms with Crippen molar-refractivity contribution in [3.05, 3.63) is 98.5 Å². The normalized spacial score (nSPS) is 12.5. The van der Waals surface area contributed by atoms with Gasteiger partial charge in [-0.05, 0) is 39.0 Å². The summed E-state index contributed by atoms with van der Waals surface area (Å²) in [5, 5.41) is 3.71. The maximum absolute atomic E-state index is 13.0. The number of hydrogen-bond donors (Lipinski definition) is 1. The summed E-state index contributed by atoms with van der Waals surface area (Å²) in [5.74, 6) is 0. The molecule has 1 N–H and O–H groups in total. The smallest absolute Gasteiger partial charge is 0.272 e. The monoisotopic (exact) mass is 411 g/mol. The zero-order valence-electron chi connectivity index (χ0n) is 17.5. The summed E-state index contributed by atoms with van der Waals surface area (Å²) in [6, 6.07) is 16.3. The third-order valence-electron chi connectivity index (χ3n) is 5.71. The molecule has 0 saturated heterocycles. The van der Waals surface area contributed by atoms with E-state index in [-0.39, 0.29) is 11.1 Å². The molecule has 0 fully saturated rings. The van der Waals surface area contributed by atoms with Gasteiger partial charge in [-0.1, -0.05) is 35.9 Å². The number of nitrogens with one attached hydrogen (secondary N) is 1. The number of nitrogens with zero attached hydrogens (tertiary/aromatic N) is 4. The molecule has 0 aliphatic heterocycles. The minimum absolute atomic E-state index is 0.161. The molecule has 7 heteroatoms. The van der Waals surface area contributed by atoms with Crippen LogP contribution in [-0.2, 0) is 0 Å². The summed E-state index contributed by atoms with van der Waals surface area (Å²) in [4.78, 5) is 35.0. The molecule has 3 heterocycles. The molecule has 2 aromatic carbocycles. The first-order valence-electron chi connectivity index (χ1n) is 10.1. The van der Waals surface area contributed by atoms with Gasteiger partial charge in [0.25, 0.3) is 11.1 Å². The summed E-state index contributed by atoms with van der Waals surface area (Å²) in [7, 11) is 0. The zero-order chi connectivity index (χ0) is 21.7. The van der Waals surface area contributed by atoms with Crippen LogP contribution in [-0.4, -0.2) is 24.1 Å². The van der Waals surface area contributed by atoms with Gasteiger partial charge >= 0.3 is 0 Å². The van der Waals surface area contributed by atoms with Gasteiger partial charge in [-0.15, -0.1) is 0 Å². The molecule has 31 heavy (non-hydrogen) atoms. The molecule has 0 spiro atoms. The van der Waals surface area contributed by atoms with Crippen molar-refractivity contribution in [2.75, 3.05) is 0 Å². The Balaban J connectivity index is 1.66. The summed E-state index contributed by atoms with van der Waals surface area (Å²) >= 11 is 0. The van der Waals surface area contributed by atoms with E-state index in [1.807, 2.05) is 51.1 Å². The van der Waals surface area contributed by atoms with Crippen molar-refractivity contribution in [2.24, 2.45) is 0 Å². The second-order valence-corrected chi connectivity index (χ2v) is 7.81. The van der Waals surface area contributed by atoms with Crippen LogP contribution in [0.3, 0.4) is 0 Å². The lowest BCUT2D eigenvalue weighted by atomic mass is 10.1. The van der Waals surface area contributed by atoms with Gasteiger partial charge in [-0.2, -0.15) is 0 Å². The second-order valence-electron chi connectivity index (χ2n) is 7.81. The Morgan fingerprint density at radius 3 is 2.61 bits per heavy atom. The highest BCUT2D eigenvalue weighted by atomic mass is 16.1. The number of para-hydroxylation sites is 1. The molecule has 0 radical (unpaired) electrons. The van der Waals surface area contributed by atoms with Gasteiger partial charge in [-0.25, -0.2) is 14.5 Å². The molecular formula is C24H21N5O2. The van der Waals surface area contributed by atoms with Crippen molar-refractivity contribution in [3.8, 4) is 11.3 Å². The average molecular weight is 411 g/mol. The maximum atomic E-state index is 13.0.